The zero-order valence-electron chi connectivity index (χ0n) is 10.5. The Morgan fingerprint density at radius 1 is 1.00 bits per heavy atom. The minimum absolute atomic E-state index is 0.270. The van der Waals surface area contributed by atoms with Gasteiger partial charge in [-0.3, -0.25) is 0 Å². The molecule has 0 unspecified atom stereocenters. The van der Waals surface area contributed by atoms with E-state index in [0.717, 1.165) is 15.9 Å². The number of methoxy groups -OCH3 is 1. The van der Waals surface area contributed by atoms with Crippen molar-refractivity contribution in [3.05, 3.63) is 58.6 Å². The molecule has 0 amide bonds. The van der Waals surface area contributed by atoms with Crippen molar-refractivity contribution in [3.63, 3.8) is 0 Å². The zero-order valence-corrected chi connectivity index (χ0v) is 12.1. The first-order valence-corrected chi connectivity index (χ1v) is 6.64. The van der Waals surface area contributed by atoms with Gasteiger partial charge in [0.1, 0.15) is 5.75 Å². The predicted molar refractivity (Wildman–Crippen MR) is 79.2 cm³/mol. The van der Waals surface area contributed by atoms with E-state index in [4.69, 9.17) is 4.74 Å². The number of nitrogens with one attached hydrogen (secondary N) is 1. The van der Waals surface area contributed by atoms with Crippen molar-refractivity contribution in [2.75, 3.05) is 12.4 Å². The van der Waals surface area contributed by atoms with Crippen LogP contribution in [0.25, 0.3) is 0 Å². The summed E-state index contributed by atoms with van der Waals surface area (Å²) >= 11 is 3.44. The molecule has 2 rings (SSSR count). The number of benzene rings is 2. The van der Waals surface area contributed by atoms with E-state index in [2.05, 4.69) is 52.4 Å². The van der Waals surface area contributed by atoms with Gasteiger partial charge >= 0.3 is 0 Å². The van der Waals surface area contributed by atoms with Crippen LogP contribution in [-0.2, 0) is 0 Å². The molecule has 0 spiro atoms. The van der Waals surface area contributed by atoms with Crippen LogP contribution in [0.1, 0.15) is 18.5 Å². The second-order valence-corrected chi connectivity index (χ2v) is 5.06. The molecule has 0 aliphatic rings. The minimum Gasteiger partial charge on any atom is -0.497 e. The first-order chi connectivity index (χ1) is 8.69. The lowest BCUT2D eigenvalue weighted by Gasteiger charge is -2.16. The Kier molecular flexibility index (Phi) is 4.26. The summed E-state index contributed by atoms with van der Waals surface area (Å²) in [6, 6.07) is 16.6. The highest BCUT2D eigenvalue weighted by Gasteiger charge is 2.04. The van der Waals surface area contributed by atoms with E-state index in [1.807, 2.05) is 24.3 Å². The van der Waals surface area contributed by atoms with Crippen LogP contribution in [-0.4, -0.2) is 7.11 Å². The maximum Gasteiger partial charge on any atom is 0.119 e. The molecule has 2 aromatic rings. The summed E-state index contributed by atoms with van der Waals surface area (Å²) in [5.41, 5.74) is 2.35. The molecule has 18 heavy (non-hydrogen) atoms. The molecule has 0 saturated carbocycles. The molecule has 0 aliphatic heterocycles. The molecule has 1 N–H and O–H groups in total. The predicted octanol–water partition coefficient (Wildman–Crippen LogP) is 4.63. The summed E-state index contributed by atoms with van der Waals surface area (Å²) in [6.07, 6.45) is 0. The van der Waals surface area contributed by atoms with E-state index in [0.29, 0.717) is 0 Å². The third-order valence-corrected chi connectivity index (χ3v) is 3.37. The Balaban J connectivity index is 2.05. The fraction of sp³-hybridized carbons (Fsp3) is 0.200. The van der Waals surface area contributed by atoms with E-state index in [9.17, 15) is 0 Å². The molecular formula is C15H16BrNO. The largest absolute Gasteiger partial charge is 0.497 e. The smallest absolute Gasteiger partial charge is 0.119 e. The van der Waals surface area contributed by atoms with Gasteiger partial charge in [0.15, 0.2) is 0 Å². The molecule has 0 radical (unpaired) electrons. The molecule has 94 valence electrons. The molecule has 0 aliphatic carbocycles. The van der Waals surface area contributed by atoms with Crippen LogP contribution >= 0.6 is 15.9 Å². The van der Waals surface area contributed by atoms with Crippen LogP contribution in [0.3, 0.4) is 0 Å². The van der Waals surface area contributed by atoms with Gasteiger partial charge in [0, 0.05) is 16.2 Å². The van der Waals surface area contributed by atoms with E-state index in [1.54, 1.807) is 7.11 Å². The molecule has 0 fully saturated rings. The van der Waals surface area contributed by atoms with E-state index < -0.39 is 0 Å². The van der Waals surface area contributed by atoms with Crippen LogP contribution in [0.15, 0.2) is 53.0 Å². The highest BCUT2D eigenvalue weighted by atomic mass is 79.9. The molecule has 0 heterocycles. The highest BCUT2D eigenvalue weighted by Crippen LogP contribution is 2.22. The second-order valence-electron chi connectivity index (χ2n) is 4.15. The van der Waals surface area contributed by atoms with Crippen molar-refractivity contribution < 1.29 is 4.74 Å². The Morgan fingerprint density at radius 2 is 1.61 bits per heavy atom. The number of ether oxygens (including phenoxy) is 1. The molecule has 0 aromatic heterocycles. The summed E-state index contributed by atoms with van der Waals surface area (Å²) in [4.78, 5) is 0. The van der Waals surface area contributed by atoms with Gasteiger partial charge in [0.05, 0.1) is 7.11 Å². The van der Waals surface area contributed by atoms with Crippen molar-refractivity contribution in [1.82, 2.24) is 0 Å². The standard InChI is InChI=1S/C15H16BrNO/c1-11(12-3-5-13(16)6-4-12)17-14-7-9-15(18-2)10-8-14/h3-11,17H,1-2H3/t11-/m0/s1. The summed E-state index contributed by atoms with van der Waals surface area (Å²) in [6.45, 7) is 2.15. The average molecular weight is 306 g/mol. The average Bonchev–Trinajstić information content (AvgIpc) is 2.40. The van der Waals surface area contributed by atoms with Gasteiger partial charge in [-0.1, -0.05) is 28.1 Å². The van der Waals surface area contributed by atoms with E-state index in [-0.39, 0.29) is 6.04 Å². The maximum absolute atomic E-state index is 5.14. The van der Waals surface area contributed by atoms with Crippen LogP contribution in [0.5, 0.6) is 5.75 Å². The summed E-state index contributed by atoms with van der Waals surface area (Å²) < 4.78 is 6.24. The molecule has 0 saturated heterocycles. The van der Waals surface area contributed by atoms with Gasteiger partial charge in [0.2, 0.25) is 0 Å². The molecule has 1 atom stereocenters. The van der Waals surface area contributed by atoms with Gasteiger partial charge < -0.3 is 10.1 Å². The molecule has 2 nitrogen and oxygen atoms in total. The lowest BCUT2D eigenvalue weighted by atomic mass is 10.1. The van der Waals surface area contributed by atoms with Crippen molar-refractivity contribution in [3.8, 4) is 5.75 Å². The number of rotatable bonds is 4. The topological polar surface area (TPSA) is 21.3 Å². The number of halogens is 1. The van der Waals surface area contributed by atoms with Gasteiger partial charge in [-0.25, -0.2) is 0 Å². The van der Waals surface area contributed by atoms with Gasteiger partial charge in [0.25, 0.3) is 0 Å². The zero-order chi connectivity index (χ0) is 13.0. The van der Waals surface area contributed by atoms with E-state index >= 15 is 0 Å². The number of anilines is 1. The Hall–Kier alpha value is -1.48. The first kappa shape index (κ1) is 13.0. The third-order valence-electron chi connectivity index (χ3n) is 2.84. The van der Waals surface area contributed by atoms with Gasteiger partial charge in [-0.05, 0) is 48.9 Å². The van der Waals surface area contributed by atoms with Crippen LogP contribution in [0.4, 0.5) is 5.69 Å². The summed E-state index contributed by atoms with van der Waals surface area (Å²) in [5, 5.41) is 3.46. The fourth-order valence-corrected chi connectivity index (χ4v) is 2.04. The Labute approximate surface area is 116 Å². The minimum atomic E-state index is 0.270. The fourth-order valence-electron chi connectivity index (χ4n) is 1.77. The second kappa shape index (κ2) is 5.91. The molecular weight excluding hydrogens is 290 g/mol. The highest BCUT2D eigenvalue weighted by molar-refractivity contribution is 9.10. The Bertz CT molecular complexity index is 493. The van der Waals surface area contributed by atoms with Crippen LogP contribution in [0, 0.1) is 0 Å². The Morgan fingerprint density at radius 3 is 2.17 bits per heavy atom. The number of hydrogen-bond acceptors (Lipinski definition) is 2. The lowest BCUT2D eigenvalue weighted by molar-refractivity contribution is 0.415. The summed E-state index contributed by atoms with van der Waals surface area (Å²) in [5.74, 6) is 0.872. The third kappa shape index (κ3) is 3.26. The van der Waals surface area contributed by atoms with E-state index in [1.165, 1.54) is 5.56 Å². The maximum atomic E-state index is 5.14. The SMILES string of the molecule is COc1ccc(N[C@@H](C)c2ccc(Br)cc2)cc1. The van der Waals surface area contributed by atoms with Crippen LogP contribution < -0.4 is 10.1 Å². The monoisotopic (exact) mass is 305 g/mol. The van der Waals surface area contributed by atoms with Gasteiger partial charge in [-0.2, -0.15) is 0 Å². The number of hydrogen-bond donors (Lipinski definition) is 1. The van der Waals surface area contributed by atoms with Gasteiger partial charge in [-0.15, -0.1) is 0 Å². The summed E-state index contributed by atoms with van der Waals surface area (Å²) in [7, 11) is 1.67. The first-order valence-electron chi connectivity index (χ1n) is 5.85. The van der Waals surface area contributed by atoms with Crippen molar-refractivity contribution >= 4 is 21.6 Å². The lowest BCUT2D eigenvalue weighted by Crippen LogP contribution is -2.06. The van der Waals surface area contributed by atoms with Crippen molar-refractivity contribution in [2.24, 2.45) is 0 Å². The normalized spacial score (nSPS) is 11.9. The quantitative estimate of drug-likeness (QED) is 0.889. The van der Waals surface area contributed by atoms with Crippen molar-refractivity contribution in [1.29, 1.82) is 0 Å². The molecule has 3 heteroatoms. The van der Waals surface area contributed by atoms with Crippen LogP contribution in [0.2, 0.25) is 0 Å². The molecule has 0 bridgehead atoms. The van der Waals surface area contributed by atoms with Crippen molar-refractivity contribution in [2.45, 2.75) is 13.0 Å². The molecule has 2 aromatic carbocycles.